The fourth-order valence-electron chi connectivity index (χ4n) is 2.95. The number of aliphatic carboxylic acids is 1. The molecule has 0 saturated carbocycles. The van der Waals surface area contributed by atoms with Crippen molar-refractivity contribution in [3.63, 3.8) is 0 Å². The molecule has 3 aromatic rings. The average molecular weight is 449 g/mol. The van der Waals surface area contributed by atoms with Crippen molar-refractivity contribution in [1.29, 1.82) is 0 Å². The molecule has 0 aliphatic heterocycles. The van der Waals surface area contributed by atoms with E-state index in [1.165, 1.54) is 6.08 Å². The van der Waals surface area contributed by atoms with Gasteiger partial charge in [0.15, 0.2) is 0 Å². The number of halogens is 1. The molecule has 0 radical (unpaired) electrons. The largest absolute Gasteiger partial charge is 0.480 e. The van der Waals surface area contributed by atoms with Crippen LogP contribution in [0.4, 0.5) is 0 Å². The van der Waals surface area contributed by atoms with Crippen LogP contribution in [0.3, 0.4) is 0 Å². The molecule has 162 valence electrons. The van der Waals surface area contributed by atoms with E-state index in [2.05, 4.69) is 10.6 Å². The molecule has 3 rings (SSSR count). The Morgan fingerprint density at radius 3 is 2.06 bits per heavy atom. The summed E-state index contributed by atoms with van der Waals surface area (Å²) in [4.78, 5) is 37.4. The molecular formula is C25H21ClN2O4. The number of carboxylic acid groups (broad SMARTS) is 1. The van der Waals surface area contributed by atoms with Crippen molar-refractivity contribution in [1.82, 2.24) is 10.6 Å². The molecule has 0 fully saturated rings. The summed E-state index contributed by atoms with van der Waals surface area (Å²) in [5.41, 5.74) is 1.65. The molecule has 6 nitrogen and oxygen atoms in total. The Bertz CT molecular complexity index is 1110. The summed E-state index contributed by atoms with van der Waals surface area (Å²) in [6, 6.07) is 22.9. The summed E-state index contributed by atoms with van der Waals surface area (Å²) in [5.74, 6) is -2.38. The minimum absolute atomic E-state index is 0.0829. The summed E-state index contributed by atoms with van der Waals surface area (Å²) in [6.07, 6.45) is 1.57. The lowest BCUT2D eigenvalue weighted by molar-refractivity contribution is -0.141. The predicted octanol–water partition coefficient (Wildman–Crippen LogP) is 3.92. The van der Waals surface area contributed by atoms with Gasteiger partial charge in [-0.25, -0.2) is 4.79 Å². The van der Waals surface area contributed by atoms with Gasteiger partial charge in [-0.1, -0.05) is 72.3 Å². The van der Waals surface area contributed by atoms with Crippen LogP contribution in [0, 0.1) is 0 Å². The highest BCUT2D eigenvalue weighted by atomic mass is 35.5. The molecule has 2 amide bonds. The monoisotopic (exact) mass is 448 g/mol. The zero-order valence-electron chi connectivity index (χ0n) is 17.0. The molecule has 0 saturated heterocycles. The highest BCUT2D eigenvalue weighted by Crippen LogP contribution is 2.13. The summed E-state index contributed by atoms with van der Waals surface area (Å²) < 4.78 is 0. The Kier molecular flexibility index (Phi) is 7.78. The Balaban J connectivity index is 1.85. The van der Waals surface area contributed by atoms with Crippen LogP contribution >= 0.6 is 11.6 Å². The van der Waals surface area contributed by atoms with Crippen molar-refractivity contribution in [2.45, 2.75) is 12.5 Å². The van der Waals surface area contributed by atoms with E-state index in [9.17, 15) is 19.5 Å². The van der Waals surface area contributed by atoms with Crippen molar-refractivity contribution in [2.24, 2.45) is 0 Å². The van der Waals surface area contributed by atoms with Gasteiger partial charge in [0.2, 0.25) is 0 Å². The lowest BCUT2D eigenvalue weighted by atomic mass is 10.1. The van der Waals surface area contributed by atoms with Crippen molar-refractivity contribution >= 4 is 35.5 Å². The van der Waals surface area contributed by atoms with E-state index in [4.69, 9.17) is 11.6 Å². The molecule has 1 atom stereocenters. The van der Waals surface area contributed by atoms with Crippen LogP contribution in [0.25, 0.3) is 6.08 Å². The Morgan fingerprint density at radius 2 is 1.47 bits per heavy atom. The maximum atomic E-state index is 13.0. The molecule has 0 aromatic heterocycles. The number of nitrogens with one attached hydrogen (secondary N) is 2. The van der Waals surface area contributed by atoms with Crippen LogP contribution in [0.5, 0.6) is 0 Å². The molecule has 32 heavy (non-hydrogen) atoms. The lowest BCUT2D eigenvalue weighted by Gasteiger charge is -2.17. The number of carboxylic acids is 1. The van der Waals surface area contributed by atoms with Gasteiger partial charge in [-0.3, -0.25) is 9.59 Å². The zero-order valence-corrected chi connectivity index (χ0v) is 17.8. The summed E-state index contributed by atoms with van der Waals surface area (Å²) in [5, 5.41) is 15.2. The Morgan fingerprint density at radius 1 is 0.875 bits per heavy atom. The minimum Gasteiger partial charge on any atom is -0.480 e. The molecule has 0 unspecified atom stereocenters. The SMILES string of the molecule is O=C(N[C@H](Cc1ccccc1)C(=O)O)/C(=C\c1ccc(Cl)cc1)NC(=O)c1ccccc1. The second-order valence-corrected chi connectivity index (χ2v) is 7.42. The van der Waals surface area contributed by atoms with Crippen LogP contribution in [0.15, 0.2) is 90.6 Å². The molecule has 7 heteroatoms. The third kappa shape index (κ3) is 6.55. The predicted molar refractivity (Wildman–Crippen MR) is 123 cm³/mol. The average Bonchev–Trinajstić information content (AvgIpc) is 2.80. The van der Waals surface area contributed by atoms with E-state index in [0.29, 0.717) is 16.1 Å². The third-order valence-corrected chi connectivity index (χ3v) is 4.85. The molecule has 0 aliphatic carbocycles. The number of rotatable bonds is 8. The molecule has 0 bridgehead atoms. The second-order valence-electron chi connectivity index (χ2n) is 6.98. The van der Waals surface area contributed by atoms with Gasteiger partial charge in [0.25, 0.3) is 11.8 Å². The van der Waals surface area contributed by atoms with Crippen LogP contribution in [0.2, 0.25) is 5.02 Å². The maximum Gasteiger partial charge on any atom is 0.326 e. The molecular weight excluding hydrogens is 428 g/mol. The molecule has 0 spiro atoms. The van der Waals surface area contributed by atoms with E-state index in [1.807, 2.05) is 6.07 Å². The minimum atomic E-state index is -1.18. The van der Waals surface area contributed by atoms with Crippen molar-refractivity contribution in [2.75, 3.05) is 0 Å². The first-order valence-electron chi connectivity index (χ1n) is 9.83. The summed E-state index contributed by atoms with van der Waals surface area (Å²) in [7, 11) is 0. The molecule has 0 aliphatic rings. The standard InChI is InChI=1S/C25H21ClN2O4/c26-20-13-11-18(12-14-20)15-21(27-23(29)19-9-5-2-6-10-19)24(30)28-22(25(31)32)16-17-7-3-1-4-8-17/h1-15,22H,16H2,(H,27,29)(H,28,30)(H,31,32)/b21-15+/t22-/m1/s1. The van der Waals surface area contributed by atoms with Gasteiger partial charge in [-0.15, -0.1) is 0 Å². The van der Waals surface area contributed by atoms with E-state index in [1.54, 1.807) is 78.9 Å². The highest BCUT2D eigenvalue weighted by Gasteiger charge is 2.23. The lowest BCUT2D eigenvalue weighted by Crippen LogP contribution is -2.45. The number of carbonyl (C=O) groups excluding carboxylic acids is 2. The van der Waals surface area contributed by atoms with Gasteiger partial charge in [0, 0.05) is 17.0 Å². The first-order chi connectivity index (χ1) is 15.4. The fraction of sp³-hybridized carbons (Fsp3) is 0.0800. The van der Waals surface area contributed by atoms with Crippen molar-refractivity contribution in [3.05, 3.63) is 112 Å². The van der Waals surface area contributed by atoms with Gasteiger partial charge >= 0.3 is 5.97 Å². The first kappa shape index (κ1) is 22.8. The van der Waals surface area contributed by atoms with Crippen LogP contribution in [-0.4, -0.2) is 28.9 Å². The molecule has 3 N–H and O–H groups in total. The number of hydrogen-bond donors (Lipinski definition) is 3. The number of benzene rings is 3. The summed E-state index contributed by atoms with van der Waals surface area (Å²) >= 11 is 5.92. The smallest absolute Gasteiger partial charge is 0.326 e. The fourth-order valence-corrected chi connectivity index (χ4v) is 3.08. The molecule has 0 heterocycles. The van der Waals surface area contributed by atoms with E-state index >= 15 is 0 Å². The van der Waals surface area contributed by atoms with E-state index < -0.39 is 23.8 Å². The topological polar surface area (TPSA) is 95.5 Å². The number of hydrogen-bond acceptors (Lipinski definition) is 3. The van der Waals surface area contributed by atoms with Crippen molar-refractivity contribution in [3.8, 4) is 0 Å². The van der Waals surface area contributed by atoms with Crippen molar-refractivity contribution < 1.29 is 19.5 Å². The van der Waals surface area contributed by atoms with Gasteiger partial charge < -0.3 is 15.7 Å². The van der Waals surface area contributed by atoms with Crippen LogP contribution in [-0.2, 0) is 16.0 Å². The number of carbonyl (C=O) groups is 3. The van der Waals surface area contributed by atoms with E-state index in [0.717, 1.165) is 5.56 Å². The second kappa shape index (κ2) is 10.9. The van der Waals surface area contributed by atoms with Gasteiger partial charge in [-0.05, 0) is 41.5 Å². The van der Waals surface area contributed by atoms with E-state index in [-0.39, 0.29) is 12.1 Å². The van der Waals surface area contributed by atoms with Gasteiger partial charge in [-0.2, -0.15) is 0 Å². The first-order valence-corrected chi connectivity index (χ1v) is 10.2. The normalized spacial score (nSPS) is 12.0. The van der Waals surface area contributed by atoms with Gasteiger partial charge in [0.1, 0.15) is 11.7 Å². The van der Waals surface area contributed by atoms with Crippen LogP contribution in [0.1, 0.15) is 21.5 Å². The molecule has 3 aromatic carbocycles. The Labute approximate surface area is 190 Å². The maximum absolute atomic E-state index is 13.0. The van der Waals surface area contributed by atoms with Crippen LogP contribution < -0.4 is 10.6 Å². The highest BCUT2D eigenvalue weighted by molar-refractivity contribution is 6.30. The van der Waals surface area contributed by atoms with Gasteiger partial charge in [0.05, 0.1) is 0 Å². The quantitative estimate of drug-likeness (QED) is 0.455. The third-order valence-electron chi connectivity index (χ3n) is 4.60. The Hall–Kier alpha value is -3.90. The summed E-state index contributed by atoms with van der Waals surface area (Å²) in [6.45, 7) is 0. The zero-order chi connectivity index (χ0) is 22.9. The number of amides is 2.